The summed E-state index contributed by atoms with van der Waals surface area (Å²) in [5.41, 5.74) is 3.02. The lowest BCUT2D eigenvalue weighted by molar-refractivity contribution is 0.290. The first-order chi connectivity index (χ1) is 6.64. The van der Waals surface area contributed by atoms with E-state index in [9.17, 15) is 0 Å². The monoisotopic (exact) mass is 237 g/mol. The lowest BCUT2D eigenvalue weighted by Gasteiger charge is -2.29. The van der Waals surface area contributed by atoms with Gasteiger partial charge in [-0.3, -0.25) is 0 Å². The average molecular weight is 238 g/mol. The van der Waals surface area contributed by atoms with Gasteiger partial charge in [-0.05, 0) is 30.8 Å². The van der Waals surface area contributed by atoms with Crippen LogP contribution in [0.4, 0.5) is 0 Å². The van der Waals surface area contributed by atoms with E-state index in [-0.39, 0.29) is 5.41 Å². The van der Waals surface area contributed by atoms with Crippen molar-refractivity contribution in [2.45, 2.75) is 33.6 Å². The van der Waals surface area contributed by atoms with Crippen molar-refractivity contribution in [2.75, 3.05) is 19.0 Å². The van der Waals surface area contributed by atoms with Gasteiger partial charge in [0, 0.05) is 24.5 Å². The predicted octanol–water partition coefficient (Wildman–Crippen LogP) is 3.76. The Morgan fingerprint density at radius 2 is 1.93 bits per heavy atom. The molecule has 0 rings (SSSR count). The number of alkyl halides is 1. The molecule has 0 spiro atoms. The maximum absolute atomic E-state index is 5.99. The van der Waals surface area contributed by atoms with E-state index in [0.717, 1.165) is 37.4 Å². The standard InChI is InChI=1S/C11H21Cl2N/c1-4-11(5-2,8-13)9-14-7-10(3)6-12/h6,14H,4-5,7-9H2,1-3H3. The third kappa shape index (κ3) is 4.68. The first kappa shape index (κ1) is 14.3. The summed E-state index contributed by atoms with van der Waals surface area (Å²) in [4.78, 5) is 0. The van der Waals surface area contributed by atoms with Gasteiger partial charge in [-0.2, -0.15) is 0 Å². The van der Waals surface area contributed by atoms with Crippen LogP contribution in [0.2, 0.25) is 0 Å². The second-order valence-corrected chi connectivity index (χ2v) is 4.39. The Kier molecular flexibility index (Phi) is 7.71. The van der Waals surface area contributed by atoms with Crippen LogP contribution in [0.5, 0.6) is 0 Å². The molecule has 0 bridgehead atoms. The van der Waals surface area contributed by atoms with Crippen LogP contribution in [0.25, 0.3) is 0 Å². The largest absolute Gasteiger partial charge is 0.312 e. The molecule has 0 aliphatic heterocycles. The molecule has 0 saturated heterocycles. The van der Waals surface area contributed by atoms with Crippen LogP contribution < -0.4 is 5.32 Å². The zero-order chi connectivity index (χ0) is 11.0. The summed E-state index contributed by atoms with van der Waals surface area (Å²) < 4.78 is 0. The van der Waals surface area contributed by atoms with Crippen molar-refractivity contribution in [2.24, 2.45) is 5.41 Å². The molecule has 1 nitrogen and oxygen atoms in total. The highest BCUT2D eigenvalue weighted by atomic mass is 35.5. The number of hydrogen-bond donors (Lipinski definition) is 1. The summed E-state index contributed by atoms with van der Waals surface area (Å²) >= 11 is 11.6. The molecule has 0 aromatic carbocycles. The van der Waals surface area contributed by atoms with Crippen molar-refractivity contribution in [1.29, 1.82) is 0 Å². The predicted molar refractivity (Wildman–Crippen MR) is 66.2 cm³/mol. The normalized spacial score (nSPS) is 13.4. The number of nitrogens with one attached hydrogen (secondary N) is 1. The topological polar surface area (TPSA) is 12.0 Å². The fraction of sp³-hybridized carbons (Fsp3) is 0.818. The van der Waals surface area contributed by atoms with E-state index in [0.29, 0.717) is 0 Å². The van der Waals surface area contributed by atoms with Crippen molar-refractivity contribution < 1.29 is 0 Å². The van der Waals surface area contributed by atoms with E-state index in [1.807, 2.05) is 6.92 Å². The summed E-state index contributed by atoms with van der Waals surface area (Å²) in [6, 6.07) is 0. The molecule has 0 saturated carbocycles. The maximum atomic E-state index is 5.99. The summed E-state index contributed by atoms with van der Waals surface area (Å²) in [6.07, 6.45) is 2.23. The molecule has 0 aliphatic rings. The second-order valence-electron chi connectivity index (χ2n) is 3.90. The van der Waals surface area contributed by atoms with Gasteiger partial charge < -0.3 is 5.32 Å². The molecule has 0 aromatic rings. The van der Waals surface area contributed by atoms with Crippen molar-refractivity contribution >= 4 is 23.2 Å². The van der Waals surface area contributed by atoms with Gasteiger partial charge in [0.25, 0.3) is 0 Å². The molecular formula is C11H21Cl2N. The van der Waals surface area contributed by atoms with Crippen LogP contribution in [0.15, 0.2) is 11.1 Å². The van der Waals surface area contributed by atoms with Crippen LogP contribution in [0, 0.1) is 5.41 Å². The minimum Gasteiger partial charge on any atom is -0.312 e. The van der Waals surface area contributed by atoms with E-state index in [1.54, 1.807) is 5.54 Å². The quantitative estimate of drug-likeness (QED) is 0.666. The van der Waals surface area contributed by atoms with Gasteiger partial charge in [-0.1, -0.05) is 25.4 Å². The third-order valence-electron chi connectivity index (χ3n) is 2.87. The minimum absolute atomic E-state index is 0.244. The molecule has 0 fully saturated rings. The molecule has 0 radical (unpaired) electrons. The van der Waals surface area contributed by atoms with Crippen LogP contribution in [0.1, 0.15) is 33.6 Å². The van der Waals surface area contributed by atoms with Crippen molar-refractivity contribution in [3.8, 4) is 0 Å². The van der Waals surface area contributed by atoms with E-state index >= 15 is 0 Å². The minimum atomic E-state index is 0.244. The molecule has 0 aromatic heterocycles. The highest BCUT2D eigenvalue weighted by molar-refractivity contribution is 6.25. The van der Waals surface area contributed by atoms with E-state index in [4.69, 9.17) is 23.2 Å². The highest BCUT2D eigenvalue weighted by Gasteiger charge is 2.24. The zero-order valence-corrected chi connectivity index (χ0v) is 10.9. The lowest BCUT2D eigenvalue weighted by atomic mass is 9.84. The number of hydrogen-bond acceptors (Lipinski definition) is 1. The Balaban J connectivity index is 3.94. The van der Waals surface area contributed by atoms with Gasteiger partial charge in [0.05, 0.1) is 0 Å². The molecule has 1 N–H and O–H groups in total. The molecule has 84 valence electrons. The summed E-state index contributed by atoms with van der Waals surface area (Å²) in [5, 5.41) is 3.39. The van der Waals surface area contributed by atoms with Gasteiger partial charge in [0.2, 0.25) is 0 Å². The number of halogens is 2. The molecule has 0 aliphatic carbocycles. The Hall–Kier alpha value is 0.280. The summed E-state index contributed by atoms with van der Waals surface area (Å²) in [5.74, 6) is 0.719. The van der Waals surface area contributed by atoms with E-state index < -0.39 is 0 Å². The van der Waals surface area contributed by atoms with E-state index in [2.05, 4.69) is 19.2 Å². The SMILES string of the molecule is CCC(CC)(CCl)CNCC(C)=CCl. The molecular weight excluding hydrogens is 217 g/mol. The third-order valence-corrected chi connectivity index (χ3v) is 3.81. The van der Waals surface area contributed by atoms with Crippen LogP contribution in [0.3, 0.4) is 0 Å². The Morgan fingerprint density at radius 3 is 2.29 bits per heavy atom. The zero-order valence-electron chi connectivity index (χ0n) is 9.37. The summed E-state index contributed by atoms with van der Waals surface area (Å²) in [7, 11) is 0. The van der Waals surface area contributed by atoms with Crippen molar-refractivity contribution in [1.82, 2.24) is 5.32 Å². The smallest absolute Gasteiger partial charge is 0.0291 e. The first-order valence-corrected chi connectivity index (χ1v) is 6.13. The highest BCUT2D eigenvalue weighted by Crippen LogP contribution is 2.26. The lowest BCUT2D eigenvalue weighted by Crippen LogP contribution is -2.35. The fourth-order valence-electron chi connectivity index (χ4n) is 1.30. The Labute approximate surface area is 97.9 Å². The van der Waals surface area contributed by atoms with Crippen LogP contribution in [-0.4, -0.2) is 19.0 Å². The molecule has 0 unspecified atom stereocenters. The molecule has 14 heavy (non-hydrogen) atoms. The van der Waals surface area contributed by atoms with Gasteiger partial charge in [0.1, 0.15) is 0 Å². The average Bonchev–Trinajstić information content (AvgIpc) is 2.25. The van der Waals surface area contributed by atoms with Crippen molar-refractivity contribution in [3.63, 3.8) is 0 Å². The first-order valence-electron chi connectivity index (χ1n) is 5.16. The molecule has 0 atom stereocenters. The molecule has 0 amide bonds. The van der Waals surface area contributed by atoms with E-state index in [1.165, 1.54) is 0 Å². The maximum Gasteiger partial charge on any atom is 0.0291 e. The van der Waals surface area contributed by atoms with Gasteiger partial charge in [0.15, 0.2) is 0 Å². The molecule has 0 heterocycles. The Bertz CT molecular complexity index is 166. The van der Waals surface area contributed by atoms with Gasteiger partial charge >= 0.3 is 0 Å². The van der Waals surface area contributed by atoms with Gasteiger partial charge in [-0.15, -0.1) is 11.6 Å². The van der Waals surface area contributed by atoms with Crippen LogP contribution >= 0.6 is 23.2 Å². The van der Waals surface area contributed by atoms with Crippen LogP contribution in [-0.2, 0) is 0 Å². The van der Waals surface area contributed by atoms with Gasteiger partial charge in [-0.25, -0.2) is 0 Å². The van der Waals surface area contributed by atoms with Crippen molar-refractivity contribution in [3.05, 3.63) is 11.1 Å². The Morgan fingerprint density at radius 1 is 1.36 bits per heavy atom. The summed E-state index contributed by atoms with van der Waals surface area (Å²) in [6.45, 7) is 8.21. The number of rotatable bonds is 7. The fourth-order valence-corrected chi connectivity index (χ4v) is 1.85. The second kappa shape index (κ2) is 7.56. The molecule has 3 heteroatoms.